The van der Waals surface area contributed by atoms with Crippen LogP contribution in [-0.2, 0) is 5.41 Å². The highest BCUT2D eigenvalue weighted by molar-refractivity contribution is 6.09. The lowest BCUT2D eigenvalue weighted by Gasteiger charge is -2.40. The van der Waals surface area contributed by atoms with Crippen molar-refractivity contribution in [1.29, 1.82) is 0 Å². The normalized spacial score (nSPS) is 15.5. The van der Waals surface area contributed by atoms with E-state index in [-0.39, 0.29) is 0 Å². The molecule has 5 nitrogen and oxygen atoms in total. The summed E-state index contributed by atoms with van der Waals surface area (Å²) in [6.07, 6.45) is 5.73. The third-order valence-electron chi connectivity index (χ3n) is 11.8. The Bertz CT molecular complexity index is 3120. The molecule has 3 heterocycles. The molecule has 0 saturated heterocycles. The first-order valence-electron chi connectivity index (χ1n) is 19.6. The molecule has 1 aliphatic heterocycles. The predicted octanol–water partition coefficient (Wildman–Crippen LogP) is 12.7. The summed E-state index contributed by atoms with van der Waals surface area (Å²) in [6.45, 7) is 6.14. The van der Waals surface area contributed by atoms with Crippen molar-refractivity contribution in [2.24, 2.45) is 0 Å². The Kier molecular flexibility index (Phi) is 7.70. The molecule has 1 unspecified atom stereocenters. The summed E-state index contributed by atoms with van der Waals surface area (Å²) < 4.78 is 8.97. The minimum absolute atomic E-state index is 0.606. The molecule has 58 heavy (non-hydrogen) atoms. The SMILES string of the molecule is C=C/C=C\C1=C(C)C2(c3ccccc3O1)c1ccccc1-c1cccc(-c3nc(-c4ccccc4)nc(-c4ccc(-n5c6ccccc6c6ccccc65)cc4)n3)c12. The largest absolute Gasteiger partial charge is 0.457 e. The molecule has 11 rings (SSSR count). The van der Waals surface area contributed by atoms with Crippen LogP contribution in [-0.4, -0.2) is 19.5 Å². The fourth-order valence-electron chi connectivity index (χ4n) is 9.28. The first-order valence-corrected chi connectivity index (χ1v) is 19.6. The van der Waals surface area contributed by atoms with Crippen molar-refractivity contribution in [3.05, 3.63) is 223 Å². The van der Waals surface area contributed by atoms with Crippen LogP contribution in [0.3, 0.4) is 0 Å². The molecule has 1 atom stereocenters. The van der Waals surface area contributed by atoms with Crippen LogP contribution in [0.5, 0.6) is 5.75 Å². The third kappa shape index (κ3) is 4.93. The van der Waals surface area contributed by atoms with E-state index < -0.39 is 5.41 Å². The monoisotopic (exact) mass is 744 g/mol. The lowest BCUT2D eigenvalue weighted by molar-refractivity contribution is 0.399. The van der Waals surface area contributed by atoms with Gasteiger partial charge in [0, 0.05) is 38.7 Å². The summed E-state index contributed by atoms with van der Waals surface area (Å²) in [5, 5.41) is 2.46. The zero-order valence-electron chi connectivity index (χ0n) is 31.8. The highest BCUT2D eigenvalue weighted by atomic mass is 16.5. The van der Waals surface area contributed by atoms with Crippen molar-refractivity contribution in [2.75, 3.05) is 0 Å². The van der Waals surface area contributed by atoms with Gasteiger partial charge < -0.3 is 9.30 Å². The molecule has 0 amide bonds. The summed E-state index contributed by atoms with van der Waals surface area (Å²) >= 11 is 0. The molecule has 0 bridgehead atoms. The minimum atomic E-state index is -0.679. The van der Waals surface area contributed by atoms with Gasteiger partial charge in [-0.05, 0) is 83.3 Å². The van der Waals surface area contributed by atoms with Crippen LogP contribution in [0.25, 0.3) is 72.8 Å². The Morgan fingerprint density at radius 3 is 1.83 bits per heavy atom. The van der Waals surface area contributed by atoms with Gasteiger partial charge in [-0.3, -0.25) is 0 Å². The van der Waals surface area contributed by atoms with Gasteiger partial charge in [0.1, 0.15) is 11.5 Å². The van der Waals surface area contributed by atoms with Crippen LogP contribution >= 0.6 is 0 Å². The van der Waals surface area contributed by atoms with Gasteiger partial charge in [0.25, 0.3) is 0 Å². The maximum Gasteiger partial charge on any atom is 0.164 e. The van der Waals surface area contributed by atoms with E-state index in [0.29, 0.717) is 17.5 Å². The number of fused-ring (bicyclic) bond motifs is 10. The lowest BCUT2D eigenvalue weighted by atomic mass is 9.65. The lowest BCUT2D eigenvalue weighted by Crippen LogP contribution is -2.34. The molecule has 7 aromatic carbocycles. The minimum Gasteiger partial charge on any atom is -0.457 e. The van der Waals surface area contributed by atoms with Crippen LogP contribution < -0.4 is 4.74 Å². The molecule has 0 fully saturated rings. The second kappa shape index (κ2) is 13.2. The van der Waals surface area contributed by atoms with Crippen LogP contribution in [0.4, 0.5) is 0 Å². The van der Waals surface area contributed by atoms with E-state index in [1.807, 2.05) is 36.4 Å². The topological polar surface area (TPSA) is 52.8 Å². The molecule has 2 aromatic heterocycles. The summed E-state index contributed by atoms with van der Waals surface area (Å²) in [7, 11) is 0. The van der Waals surface area contributed by atoms with E-state index in [2.05, 4.69) is 164 Å². The van der Waals surface area contributed by atoms with E-state index in [9.17, 15) is 0 Å². The molecule has 274 valence electrons. The van der Waals surface area contributed by atoms with Gasteiger partial charge in [-0.2, -0.15) is 0 Å². The first kappa shape index (κ1) is 33.7. The van der Waals surface area contributed by atoms with E-state index in [1.165, 1.54) is 32.9 Å². The van der Waals surface area contributed by atoms with Gasteiger partial charge in [0.2, 0.25) is 0 Å². The molecule has 5 heteroatoms. The Morgan fingerprint density at radius 2 is 1.10 bits per heavy atom. The average molecular weight is 745 g/mol. The Morgan fingerprint density at radius 1 is 0.534 bits per heavy atom. The van der Waals surface area contributed by atoms with Crippen molar-refractivity contribution in [3.63, 3.8) is 0 Å². The second-order valence-electron chi connectivity index (χ2n) is 14.8. The predicted molar refractivity (Wildman–Crippen MR) is 235 cm³/mol. The molecular weight excluding hydrogens is 709 g/mol. The van der Waals surface area contributed by atoms with Gasteiger partial charge in [-0.1, -0.05) is 146 Å². The Hall–Kier alpha value is -7.63. The van der Waals surface area contributed by atoms with Gasteiger partial charge >= 0.3 is 0 Å². The number of benzene rings is 7. The maximum atomic E-state index is 6.65. The number of ether oxygens (including phenoxy) is 1. The Balaban J connectivity index is 1.14. The number of hydrogen-bond donors (Lipinski definition) is 0. The fourth-order valence-corrected chi connectivity index (χ4v) is 9.28. The highest BCUT2D eigenvalue weighted by Gasteiger charge is 2.52. The summed E-state index contributed by atoms with van der Waals surface area (Å²) in [5.74, 6) is 3.44. The van der Waals surface area contributed by atoms with Crippen molar-refractivity contribution < 1.29 is 4.74 Å². The highest BCUT2D eigenvalue weighted by Crippen LogP contribution is 2.62. The first-order chi connectivity index (χ1) is 28.6. The number of nitrogens with zero attached hydrogens (tertiary/aromatic N) is 4. The second-order valence-corrected chi connectivity index (χ2v) is 14.8. The van der Waals surface area contributed by atoms with E-state index in [4.69, 9.17) is 19.7 Å². The number of para-hydroxylation sites is 3. The third-order valence-corrected chi connectivity index (χ3v) is 11.8. The average Bonchev–Trinajstić information content (AvgIpc) is 3.78. The fraction of sp³-hybridized carbons (Fsp3) is 0.0377. The van der Waals surface area contributed by atoms with Gasteiger partial charge in [0.05, 0.1) is 16.4 Å². The van der Waals surface area contributed by atoms with Crippen molar-refractivity contribution >= 4 is 21.8 Å². The van der Waals surface area contributed by atoms with Crippen molar-refractivity contribution in [2.45, 2.75) is 12.3 Å². The quantitative estimate of drug-likeness (QED) is 0.159. The smallest absolute Gasteiger partial charge is 0.164 e. The summed E-state index contributed by atoms with van der Waals surface area (Å²) in [6, 6.07) is 59.5. The van der Waals surface area contributed by atoms with Gasteiger partial charge in [-0.15, -0.1) is 0 Å². The molecule has 0 N–H and O–H groups in total. The molecule has 2 aliphatic rings. The number of allylic oxidation sites excluding steroid dienone is 4. The van der Waals surface area contributed by atoms with Crippen molar-refractivity contribution in [1.82, 2.24) is 19.5 Å². The number of rotatable bonds is 6. The van der Waals surface area contributed by atoms with E-state index in [0.717, 1.165) is 56.1 Å². The maximum absolute atomic E-state index is 6.65. The molecule has 0 saturated carbocycles. The summed E-state index contributed by atoms with van der Waals surface area (Å²) in [5.41, 5.74) is 12.3. The Labute approximate surface area is 336 Å². The zero-order chi connectivity index (χ0) is 38.8. The van der Waals surface area contributed by atoms with Gasteiger partial charge in [0.15, 0.2) is 17.5 Å². The number of hydrogen-bond acceptors (Lipinski definition) is 4. The van der Waals surface area contributed by atoms with Crippen molar-refractivity contribution in [3.8, 4) is 56.7 Å². The van der Waals surface area contributed by atoms with Crippen LogP contribution in [0, 0.1) is 0 Å². The number of aromatic nitrogens is 4. The molecule has 1 aliphatic carbocycles. The zero-order valence-corrected chi connectivity index (χ0v) is 31.8. The van der Waals surface area contributed by atoms with E-state index >= 15 is 0 Å². The molecule has 9 aromatic rings. The van der Waals surface area contributed by atoms with Crippen LogP contribution in [0.1, 0.15) is 23.6 Å². The molecular formula is C53H36N4O. The van der Waals surface area contributed by atoms with Crippen LogP contribution in [0.2, 0.25) is 0 Å². The van der Waals surface area contributed by atoms with Crippen LogP contribution in [0.15, 0.2) is 206 Å². The standard InChI is InChI=1S/C53H36N4O/c1-3-4-28-47-34(2)53(44-25-12-15-29-48(44)58-47)43-24-11-8-19-38(43)41-22-16-23-42(49(41)53)52-55-50(35-17-6-5-7-18-35)54-51(56-52)36-30-32-37(33-31-36)57-45-26-13-9-20-39(45)40-21-10-14-27-46(40)57/h3-33H,1H2,2H3/b28-4-. The molecule has 1 spiro atoms. The van der Waals surface area contributed by atoms with E-state index in [1.54, 1.807) is 6.08 Å². The summed E-state index contributed by atoms with van der Waals surface area (Å²) in [4.78, 5) is 15.8. The molecule has 0 radical (unpaired) electrons. The van der Waals surface area contributed by atoms with Gasteiger partial charge in [-0.25, -0.2) is 15.0 Å².